The highest BCUT2D eigenvalue weighted by molar-refractivity contribution is 5.91. The molecule has 3 heterocycles. The molecule has 3 N–H and O–H groups in total. The summed E-state index contributed by atoms with van der Waals surface area (Å²) in [5.41, 5.74) is 1.36. The second kappa shape index (κ2) is 6.82. The minimum atomic E-state index is -0.971. The Labute approximate surface area is 132 Å². The van der Waals surface area contributed by atoms with Crippen LogP contribution >= 0.6 is 0 Å². The molecule has 0 fully saturated rings. The van der Waals surface area contributed by atoms with E-state index in [9.17, 15) is 9.90 Å². The topological polar surface area (TPSA) is 116 Å². The second-order valence-corrected chi connectivity index (χ2v) is 5.33. The fourth-order valence-electron chi connectivity index (χ4n) is 2.48. The lowest BCUT2D eigenvalue weighted by molar-refractivity contribution is -0.117. The van der Waals surface area contributed by atoms with E-state index in [-0.39, 0.29) is 19.1 Å². The first-order valence-corrected chi connectivity index (χ1v) is 7.29. The van der Waals surface area contributed by atoms with Crippen LogP contribution in [0.5, 0.6) is 0 Å². The van der Waals surface area contributed by atoms with Crippen molar-refractivity contribution < 1.29 is 15.0 Å². The van der Waals surface area contributed by atoms with Crippen molar-refractivity contribution in [3.05, 3.63) is 36.0 Å². The quantitative estimate of drug-likeness (QED) is 0.657. The summed E-state index contributed by atoms with van der Waals surface area (Å²) in [5, 5.41) is 25.6. The fourth-order valence-corrected chi connectivity index (χ4v) is 2.48. The van der Waals surface area contributed by atoms with Gasteiger partial charge in [0.05, 0.1) is 37.3 Å². The molecule has 2 aromatic rings. The summed E-state index contributed by atoms with van der Waals surface area (Å²) in [7, 11) is 0. The molecule has 2 aromatic heterocycles. The number of aliphatic hydroxyl groups excluding tert-OH is 2. The Hall–Kier alpha value is -2.36. The molecule has 0 spiro atoms. The maximum atomic E-state index is 12.0. The summed E-state index contributed by atoms with van der Waals surface area (Å²) in [6.45, 7) is 1.74. The number of nitrogens with one attached hydrogen (secondary N) is 1. The zero-order chi connectivity index (χ0) is 16.2. The lowest BCUT2D eigenvalue weighted by atomic mass is 10.2. The van der Waals surface area contributed by atoms with Gasteiger partial charge in [-0.2, -0.15) is 5.10 Å². The lowest BCUT2D eigenvalue weighted by Gasteiger charge is -2.26. The van der Waals surface area contributed by atoms with Gasteiger partial charge >= 0.3 is 0 Å². The van der Waals surface area contributed by atoms with Crippen LogP contribution in [0.4, 0.5) is 5.82 Å². The SMILES string of the molecule is O=C(CN1CCn2nc(C(O)CO)cc2C1)Nc1cnccn1. The van der Waals surface area contributed by atoms with Crippen molar-refractivity contribution in [3.8, 4) is 0 Å². The van der Waals surface area contributed by atoms with Crippen LogP contribution in [-0.2, 0) is 17.9 Å². The van der Waals surface area contributed by atoms with Gasteiger partial charge in [-0.15, -0.1) is 0 Å². The predicted molar refractivity (Wildman–Crippen MR) is 80.2 cm³/mol. The molecule has 1 atom stereocenters. The van der Waals surface area contributed by atoms with E-state index in [2.05, 4.69) is 20.4 Å². The highest BCUT2D eigenvalue weighted by atomic mass is 16.3. The van der Waals surface area contributed by atoms with Gasteiger partial charge in [0.15, 0.2) is 5.82 Å². The Morgan fingerprint density at radius 1 is 1.39 bits per heavy atom. The lowest BCUT2D eigenvalue weighted by Crippen LogP contribution is -2.39. The molecular formula is C14H18N6O3. The monoisotopic (exact) mass is 318 g/mol. The maximum Gasteiger partial charge on any atom is 0.239 e. The van der Waals surface area contributed by atoms with Crippen molar-refractivity contribution in [3.63, 3.8) is 0 Å². The molecule has 1 unspecified atom stereocenters. The molecule has 0 saturated heterocycles. The molecule has 0 aliphatic carbocycles. The first-order valence-electron chi connectivity index (χ1n) is 7.29. The Bertz CT molecular complexity index is 674. The van der Waals surface area contributed by atoms with Crippen molar-refractivity contribution in [1.29, 1.82) is 0 Å². The molecule has 9 heteroatoms. The first-order chi connectivity index (χ1) is 11.2. The van der Waals surface area contributed by atoms with Gasteiger partial charge < -0.3 is 15.5 Å². The third-order valence-electron chi connectivity index (χ3n) is 3.61. The van der Waals surface area contributed by atoms with Gasteiger partial charge in [0.1, 0.15) is 6.10 Å². The van der Waals surface area contributed by atoms with E-state index >= 15 is 0 Å². The smallest absolute Gasteiger partial charge is 0.239 e. The second-order valence-electron chi connectivity index (χ2n) is 5.33. The zero-order valence-electron chi connectivity index (χ0n) is 12.5. The van der Waals surface area contributed by atoms with Crippen LogP contribution < -0.4 is 5.32 Å². The minimum Gasteiger partial charge on any atom is -0.393 e. The molecule has 1 aliphatic rings. The summed E-state index contributed by atoms with van der Waals surface area (Å²) < 4.78 is 1.80. The van der Waals surface area contributed by atoms with E-state index in [1.165, 1.54) is 12.4 Å². The molecule has 1 amide bonds. The van der Waals surface area contributed by atoms with Crippen molar-refractivity contribution in [2.75, 3.05) is 25.0 Å². The highest BCUT2D eigenvalue weighted by Crippen LogP contribution is 2.17. The third-order valence-corrected chi connectivity index (χ3v) is 3.61. The number of amides is 1. The molecule has 1 aliphatic heterocycles. The average Bonchev–Trinajstić information content (AvgIpc) is 2.98. The van der Waals surface area contributed by atoms with Crippen LogP contribution in [0.25, 0.3) is 0 Å². The normalized spacial score (nSPS) is 15.9. The number of nitrogens with zero attached hydrogens (tertiary/aromatic N) is 5. The summed E-state index contributed by atoms with van der Waals surface area (Å²) in [5.74, 6) is 0.266. The van der Waals surface area contributed by atoms with Crippen LogP contribution in [-0.4, -0.2) is 60.5 Å². The number of aliphatic hydroxyl groups is 2. The molecule has 0 bridgehead atoms. The van der Waals surface area contributed by atoms with Crippen LogP contribution in [0, 0.1) is 0 Å². The van der Waals surface area contributed by atoms with Gasteiger partial charge in [-0.25, -0.2) is 4.98 Å². The van der Waals surface area contributed by atoms with Gasteiger partial charge in [-0.1, -0.05) is 0 Å². The fraction of sp³-hybridized carbons (Fsp3) is 0.429. The number of hydrogen-bond acceptors (Lipinski definition) is 7. The van der Waals surface area contributed by atoms with Crippen LogP contribution in [0.2, 0.25) is 0 Å². The number of rotatable bonds is 5. The number of aromatic nitrogens is 4. The van der Waals surface area contributed by atoms with Gasteiger partial charge in [-0.3, -0.25) is 19.4 Å². The maximum absolute atomic E-state index is 12.0. The number of fused-ring (bicyclic) bond motifs is 1. The molecule has 9 nitrogen and oxygen atoms in total. The van der Waals surface area contributed by atoms with Crippen LogP contribution in [0.1, 0.15) is 17.5 Å². The Balaban J connectivity index is 1.59. The number of carbonyl (C=O) groups excluding carboxylic acids is 1. The Morgan fingerprint density at radius 3 is 3.00 bits per heavy atom. The van der Waals surface area contributed by atoms with Crippen molar-refractivity contribution in [2.45, 2.75) is 19.2 Å². The number of hydrogen-bond donors (Lipinski definition) is 3. The molecule has 0 saturated carbocycles. The molecule has 3 rings (SSSR count). The van der Waals surface area contributed by atoms with E-state index in [4.69, 9.17) is 5.11 Å². The van der Waals surface area contributed by atoms with Gasteiger partial charge in [0, 0.05) is 25.5 Å². The highest BCUT2D eigenvalue weighted by Gasteiger charge is 2.22. The van der Waals surface area contributed by atoms with E-state index < -0.39 is 6.10 Å². The zero-order valence-corrected chi connectivity index (χ0v) is 12.5. The molecule has 23 heavy (non-hydrogen) atoms. The number of carbonyl (C=O) groups is 1. The Kier molecular flexibility index (Phi) is 4.60. The molecular weight excluding hydrogens is 300 g/mol. The van der Waals surface area contributed by atoms with Crippen molar-refractivity contribution in [1.82, 2.24) is 24.6 Å². The van der Waals surface area contributed by atoms with Gasteiger partial charge in [-0.05, 0) is 6.07 Å². The molecule has 0 aromatic carbocycles. The molecule has 0 radical (unpaired) electrons. The van der Waals surface area contributed by atoms with E-state index in [0.717, 1.165) is 5.69 Å². The predicted octanol–water partition coefficient (Wildman–Crippen LogP) is -0.847. The van der Waals surface area contributed by atoms with Crippen molar-refractivity contribution in [2.24, 2.45) is 0 Å². The standard InChI is InChI=1S/C14H18N6O3/c21-9-12(22)11-5-10-7-19(3-4-20(10)18-11)8-14(23)17-13-6-15-1-2-16-13/h1-2,5-6,12,21-22H,3-4,7-9H2,(H,16,17,23). The average molecular weight is 318 g/mol. The summed E-state index contributed by atoms with van der Waals surface area (Å²) in [4.78, 5) is 21.9. The minimum absolute atomic E-state index is 0.158. The van der Waals surface area contributed by atoms with Crippen LogP contribution in [0.15, 0.2) is 24.7 Å². The summed E-state index contributed by atoms with van der Waals surface area (Å²) >= 11 is 0. The first kappa shape index (κ1) is 15.5. The van der Waals surface area contributed by atoms with Gasteiger partial charge in [0.2, 0.25) is 5.91 Å². The van der Waals surface area contributed by atoms with Gasteiger partial charge in [0.25, 0.3) is 0 Å². The summed E-state index contributed by atoms with van der Waals surface area (Å²) in [6.07, 6.45) is 3.58. The van der Waals surface area contributed by atoms with Crippen molar-refractivity contribution >= 4 is 11.7 Å². The largest absolute Gasteiger partial charge is 0.393 e. The summed E-state index contributed by atoms with van der Waals surface area (Å²) in [6, 6.07) is 1.76. The third kappa shape index (κ3) is 3.70. The van der Waals surface area contributed by atoms with Crippen LogP contribution in [0.3, 0.4) is 0 Å². The molecule has 122 valence electrons. The van der Waals surface area contributed by atoms with E-state index in [0.29, 0.717) is 31.1 Å². The number of anilines is 1. The Morgan fingerprint density at radius 2 is 2.26 bits per heavy atom. The van der Waals surface area contributed by atoms with E-state index in [1.54, 1.807) is 16.9 Å². The van der Waals surface area contributed by atoms with E-state index in [1.807, 2.05) is 4.90 Å².